The summed E-state index contributed by atoms with van der Waals surface area (Å²) in [6.07, 6.45) is -0.677. The Morgan fingerprint density at radius 3 is 2.31 bits per heavy atom. The summed E-state index contributed by atoms with van der Waals surface area (Å²) in [6.45, 7) is 0. The van der Waals surface area contributed by atoms with Gasteiger partial charge in [-0.3, -0.25) is 0 Å². The Hall–Kier alpha value is -1.84. The Morgan fingerprint density at radius 2 is 1.85 bits per heavy atom. The van der Waals surface area contributed by atoms with Crippen molar-refractivity contribution in [3.8, 4) is 12.1 Å². The highest BCUT2D eigenvalue weighted by Crippen LogP contribution is 2.15. The van der Waals surface area contributed by atoms with Crippen LogP contribution in [-0.4, -0.2) is 5.11 Å². The highest BCUT2D eigenvalue weighted by molar-refractivity contribution is 5.32. The molecule has 1 unspecified atom stereocenters. The topological polar surface area (TPSA) is 67.8 Å². The van der Waals surface area contributed by atoms with E-state index in [0.29, 0.717) is 11.1 Å². The quantitative estimate of drug-likeness (QED) is 0.735. The molecule has 0 saturated carbocycles. The summed E-state index contributed by atoms with van der Waals surface area (Å²) in [7, 11) is 0. The van der Waals surface area contributed by atoms with Gasteiger partial charge in [0.15, 0.2) is 0 Å². The van der Waals surface area contributed by atoms with E-state index in [-0.39, 0.29) is 6.42 Å². The molecule has 64 valence electrons. The lowest BCUT2D eigenvalue weighted by atomic mass is 10.1. The van der Waals surface area contributed by atoms with Crippen molar-refractivity contribution in [2.75, 3.05) is 0 Å². The van der Waals surface area contributed by atoms with E-state index in [1.165, 1.54) is 0 Å². The van der Waals surface area contributed by atoms with Crippen molar-refractivity contribution in [2.45, 2.75) is 12.5 Å². The van der Waals surface area contributed by atoms with Crippen LogP contribution in [0.5, 0.6) is 0 Å². The highest BCUT2D eigenvalue weighted by atomic mass is 16.3. The first-order valence-corrected chi connectivity index (χ1v) is 3.83. The molecule has 0 bridgehead atoms. The molecule has 0 amide bonds. The summed E-state index contributed by atoms with van der Waals surface area (Å²) < 4.78 is 0. The molecule has 1 aromatic rings. The molecule has 1 N–H and O–H groups in total. The van der Waals surface area contributed by atoms with Crippen LogP contribution >= 0.6 is 0 Å². The van der Waals surface area contributed by atoms with Gasteiger partial charge in [-0.15, -0.1) is 0 Å². The zero-order chi connectivity index (χ0) is 9.68. The maximum Gasteiger partial charge on any atom is 0.0991 e. The molecule has 1 atom stereocenters. The zero-order valence-corrected chi connectivity index (χ0v) is 6.94. The Bertz CT molecular complexity index is 356. The van der Waals surface area contributed by atoms with Crippen LogP contribution in [0.2, 0.25) is 0 Å². The standard InChI is InChI=1S/C10H8N2O/c11-6-5-10(13)9-3-1-8(7-12)2-4-9/h1-4,10,13H,5H2. The number of hydrogen-bond acceptors (Lipinski definition) is 3. The Labute approximate surface area is 76.5 Å². The van der Waals surface area contributed by atoms with Crippen molar-refractivity contribution < 1.29 is 5.11 Å². The fourth-order valence-electron chi connectivity index (χ4n) is 0.984. The van der Waals surface area contributed by atoms with Crippen molar-refractivity contribution in [3.05, 3.63) is 35.4 Å². The van der Waals surface area contributed by atoms with Crippen molar-refractivity contribution >= 4 is 0 Å². The minimum Gasteiger partial charge on any atom is -0.387 e. The maximum absolute atomic E-state index is 9.38. The van der Waals surface area contributed by atoms with Gasteiger partial charge in [-0.25, -0.2) is 0 Å². The third-order valence-corrected chi connectivity index (χ3v) is 1.71. The second kappa shape index (κ2) is 4.25. The van der Waals surface area contributed by atoms with Crippen LogP contribution in [0.15, 0.2) is 24.3 Å². The average Bonchev–Trinajstić information content (AvgIpc) is 2.18. The van der Waals surface area contributed by atoms with Crippen LogP contribution in [0, 0.1) is 22.7 Å². The number of hydrogen-bond donors (Lipinski definition) is 1. The molecule has 0 aliphatic rings. The van der Waals surface area contributed by atoms with Gasteiger partial charge in [-0.1, -0.05) is 12.1 Å². The summed E-state index contributed by atoms with van der Waals surface area (Å²) in [5, 5.41) is 26.2. The van der Waals surface area contributed by atoms with Crippen LogP contribution in [0.4, 0.5) is 0 Å². The van der Waals surface area contributed by atoms with Crippen LogP contribution in [0.3, 0.4) is 0 Å². The third kappa shape index (κ3) is 2.30. The fourth-order valence-corrected chi connectivity index (χ4v) is 0.984. The first kappa shape index (κ1) is 9.25. The molecule has 3 nitrogen and oxygen atoms in total. The van der Waals surface area contributed by atoms with Gasteiger partial charge in [0.05, 0.1) is 30.2 Å². The van der Waals surface area contributed by atoms with Gasteiger partial charge in [-0.2, -0.15) is 10.5 Å². The fraction of sp³-hybridized carbons (Fsp3) is 0.200. The monoisotopic (exact) mass is 172 g/mol. The lowest BCUT2D eigenvalue weighted by molar-refractivity contribution is 0.183. The van der Waals surface area contributed by atoms with Gasteiger partial charge in [0, 0.05) is 0 Å². The Morgan fingerprint density at radius 1 is 1.23 bits per heavy atom. The summed E-state index contributed by atoms with van der Waals surface area (Å²) in [6, 6.07) is 10.4. The summed E-state index contributed by atoms with van der Waals surface area (Å²) >= 11 is 0. The van der Waals surface area contributed by atoms with E-state index in [9.17, 15) is 5.11 Å². The maximum atomic E-state index is 9.38. The SMILES string of the molecule is N#CCC(O)c1ccc(C#N)cc1. The van der Waals surface area contributed by atoms with E-state index < -0.39 is 6.10 Å². The number of aliphatic hydroxyl groups excluding tert-OH is 1. The van der Waals surface area contributed by atoms with Crippen LogP contribution in [0.1, 0.15) is 23.7 Å². The molecule has 0 aliphatic heterocycles. The lowest BCUT2D eigenvalue weighted by Gasteiger charge is -2.05. The second-order valence-corrected chi connectivity index (χ2v) is 2.61. The smallest absolute Gasteiger partial charge is 0.0991 e. The van der Waals surface area contributed by atoms with Crippen molar-refractivity contribution in [2.24, 2.45) is 0 Å². The molecule has 0 fully saturated rings. The van der Waals surface area contributed by atoms with Gasteiger partial charge in [0.2, 0.25) is 0 Å². The van der Waals surface area contributed by atoms with E-state index in [1.54, 1.807) is 24.3 Å². The molecule has 0 saturated heterocycles. The number of rotatable bonds is 2. The van der Waals surface area contributed by atoms with Crippen LogP contribution < -0.4 is 0 Å². The Kier molecular flexibility index (Phi) is 3.03. The molecule has 0 spiro atoms. The van der Waals surface area contributed by atoms with E-state index >= 15 is 0 Å². The lowest BCUT2D eigenvalue weighted by Crippen LogP contribution is -1.95. The normalized spacial score (nSPS) is 11.3. The van der Waals surface area contributed by atoms with Gasteiger partial charge in [0.1, 0.15) is 0 Å². The highest BCUT2D eigenvalue weighted by Gasteiger charge is 2.05. The Balaban J connectivity index is 2.82. The molecule has 0 aliphatic carbocycles. The average molecular weight is 172 g/mol. The van der Waals surface area contributed by atoms with Gasteiger partial charge in [-0.05, 0) is 17.7 Å². The van der Waals surface area contributed by atoms with Crippen molar-refractivity contribution in [3.63, 3.8) is 0 Å². The molecule has 1 rings (SSSR count). The number of aliphatic hydroxyl groups is 1. The molecule has 0 radical (unpaired) electrons. The van der Waals surface area contributed by atoms with Crippen molar-refractivity contribution in [1.29, 1.82) is 10.5 Å². The van der Waals surface area contributed by atoms with Crippen LogP contribution in [-0.2, 0) is 0 Å². The molecule has 13 heavy (non-hydrogen) atoms. The first-order chi connectivity index (χ1) is 6.27. The zero-order valence-electron chi connectivity index (χ0n) is 6.94. The minimum atomic E-state index is -0.752. The minimum absolute atomic E-state index is 0.0753. The molecule has 1 aromatic carbocycles. The molecular weight excluding hydrogens is 164 g/mol. The van der Waals surface area contributed by atoms with E-state index in [2.05, 4.69) is 0 Å². The third-order valence-electron chi connectivity index (χ3n) is 1.71. The van der Waals surface area contributed by atoms with Crippen molar-refractivity contribution in [1.82, 2.24) is 0 Å². The van der Waals surface area contributed by atoms with Gasteiger partial charge < -0.3 is 5.11 Å². The molecule has 3 heteroatoms. The summed E-state index contributed by atoms with van der Waals surface area (Å²) in [4.78, 5) is 0. The number of nitriles is 2. The van der Waals surface area contributed by atoms with Gasteiger partial charge >= 0.3 is 0 Å². The first-order valence-electron chi connectivity index (χ1n) is 3.83. The predicted molar refractivity (Wildman–Crippen MR) is 46.3 cm³/mol. The number of benzene rings is 1. The van der Waals surface area contributed by atoms with E-state index in [1.807, 2.05) is 12.1 Å². The molecular formula is C10H8N2O. The van der Waals surface area contributed by atoms with E-state index in [4.69, 9.17) is 10.5 Å². The molecule has 0 aromatic heterocycles. The predicted octanol–water partition coefficient (Wildman–Crippen LogP) is 1.51. The molecule has 0 heterocycles. The number of nitrogens with zero attached hydrogens (tertiary/aromatic N) is 2. The van der Waals surface area contributed by atoms with Crippen LogP contribution in [0.25, 0.3) is 0 Å². The van der Waals surface area contributed by atoms with E-state index in [0.717, 1.165) is 0 Å². The summed E-state index contributed by atoms with van der Waals surface area (Å²) in [5.41, 5.74) is 1.22. The van der Waals surface area contributed by atoms with Gasteiger partial charge in [0.25, 0.3) is 0 Å². The second-order valence-electron chi connectivity index (χ2n) is 2.61. The summed E-state index contributed by atoms with van der Waals surface area (Å²) in [5.74, 6) is 0. The largest absolute Gasteiger partial charge is 0.387 e.